The second-order valence-corrected chi connectivity index (χ2v) is 4.87. The maximum absolute atomic E-state index is 13.5. The van der Waals surface area contributed by atoms with Crippen LogP contribution in [-0.4, -0.2) is 11.9 Å². The smallest absolute Gasteiger partial charge is 0.222 e. The van der Waals surface area contributed by atoms with Gasteiger partial charge >= 0.3 is 0 Å². The van der Waals surface area contributed by atoms with Gasteiger partial charge in [-0.3, -0.25) is 4.79 Å². The quantitative estimate of drug-likeness (QED) is 0.858. The van der Waals surface area contributed by atoms with Crippen LogP contribution >= 0.6 is 0 Å². The number of rotatable bonds is 4. The monoisotopic (exact) mass is 250 g/mol. The van der Waals surface area contributed by atoms with Gasteiger partial charge in [0.15, 0.2) is 0 Å². The molecule has 0 aliphatic heterocycles. The summed E-state index contributed by atoms with van der Waals surface area (Å²) in [6.07, 6.45) is 3.91. The Labute approximate surface area is 107 Å². The molecule has 1 aliphatic carbocycles. The van der Waals surface area contributed by atoms with Crippen molar-refractivity contribution in [1.29, 1.82) is 0 Å². The Balaban J connectivity index is 1.96. The third-order valence-electron chi connectivity index (χ3n) is 3.64. The summed E-state index contributed by atoms with van der Waals surface area (Å²) < 4.78 is 13.5. The highest BCUT2D eigenvalue weighted by Crippen LogP contribution is 2.24. The number of nitrogens with one attached hydrogen (secondary N) is 1. The lowest BCUT2D eigenvalue weighted by atomic mass is 9.84. The minimum Gasteiger partial charge on any atom is -0.369 e. The van der Waals surface area contributed by atoms with Crippen molar-refractivity contribution in [2.24, 2.45) is 11.7 Å². The van der Waals surface area contributed by atoms with Gasteiger partial charge in [-0.2, -0.15) is 0 Å². The summed E-state index contributed by atoms with van der Waals surface area (Å²) >= 11 is 0. The highest BCUT2D eigenvalue weighted by atomic mass is 19.1. The molecule has 1 amide bonds. The number of primary amides is 1. The first kappa shape index (κ1) is 13.0. The molecule has 1 aliphatic rings. The van der Waals surface area contributed by atoms with Crippen molar-refractivity contribution in [3.63, 3.8) is 0 Å². The zero-order valence-corrected chi connectivity index (χ0v) is 10.4. The molecule has 0 aromatic heterocycles. The maximum atomic E-state index is 13.5. The van der Waals surface area contributed by atoms with E-state index in [0.717, 1.165) is 25.7 Å². The first-order valence-electron chi connectivity index (χ1n) is 6.44. The van der Waals surface area contributed by atoms with Crippen molar-refractivity contribution < 1.29 is 9.18 Å². The van der Waals surface area contributed by atoms with Gasteiger partial charge in [0.05, 0.1) is 5.92 Å². The van der Waals surface area contributed by atoms with E-state index in [1.165, 1.54) is 6.07 Å². The van der Waals surface area contributed by atoms with Crippen LogP contribution in [0.25, 0.3) is 0 Å². The first-order chi connectivity index (χ1) is 8.68. The van der Waals surface area contributed by atoms with Gasteiger partial charge < -0.3 is 11.1 Å². The van der Waals surface area contributed by atoms with Crippen LogP contribution in [0.1, 0.15) is 31.2 Å². The molecule has 0 unspecified atom stereocenters. The molecule has 0 bridgehead atoms. The molecule has 3 nitrogen and oxygen atoms in total. The second-order valence-electron chi connectivity index (χ2n) is 4.87. The Morgan fingerprint density at radius 3 is 2.78 bits per heavy atom. The van der Waals surface area contributed by atoms with Crippen LogP contribution in [0.2, 0.25) is 0 Å². The van der Waals surface area contributed by atoms with E-state index in [1.807, 2.05) is 6.07 Å². The molecular weight excluding hydrogens is 231 g/mol. The van der Waals surface area contributed by atoms with Crippen LogP contribution in [0, 0.1) is 11.7 Å². The van der Waals surface area contributed by atoms with Crippen LogP contribution in [-0.2, 0) is 11.3 Å². The minimum atomic E-state index is -0.249. The van der Waals surface area contributed by atoms with E-state index in [4.69, 9.17) is 5.73 Å². The Morgan fingerprint density at radius 1 is 1.33 bits per heavy atom. The molecule has 1 fully saturated rings. The number of amides is 1. The van der Waals surface area contributed by atoms with Crippen molar-refractivity contribution in [1.82, 2.24) is 5.32 Å². The van der Waals surface area contributed by atoms with Crippen molar-refractivity contribution in [3.8, 4) is 0 Å². The van der Waals surface area contributed by atoms with E-state index in [9.17, 15) is 9.18 Å². The van der Waals surface area contributed by atoms with E-state index < -0.39 is 0 Å². The molecule has 0 saturated heterocycles. The number of halogens is 1. The van der Waals surface area contributed by atoms with Gasteiger partial charge in [-0.1, -0.05) is 31.0 Å². The fraction of sp³-hybridized carbons (Fsp3) is 0.500. The second kappa shape index (κ2) is 5.96. The number of benzene rings is 1. The van der Waals surface area contributed by atoms with Crippen LogP contribution in [0.5, 0.6) is 0 Å². The standard InChI is InChI=1S/C14H19FN2O/c15-12-7-3-1-5-10(12)9-17-13-8-4-2-6-11(13)14(16)18/h1,3,5,7,11,13,17H,2,4,6,8-9H2,(H2,16,18)/t11-,13-/m1/s1. The molecule has 4 heteroatoms. The summed E-state index contributed by atoms with van der Waals surface area (Å²) in [4.78, 5) is 11.4. The van der Waals surface area contributed by atoms with E-state index in [2.05, 4.69) is 5.32 Å². The van der Waals surface area contributed by atoms with Crippen LogP contribution < -0.4 is 11.1 Å². The van der Waals surface area contributed by atoms with Crippen molar-refractivity contribution >= 4 is 5.91 Å². The molecule has 98 valence electrons. The van der Waals surface area contributed by atoms with Crippen LogP contribution in [0.15, 0.2) is 24.3 Å². The lowest BCUT2D eigenvalue weighted by Gasteiger charge is -2.30. The molecular formula is C14H19FN2O. The molecule has 0 radical (unpaired) electrons. The first-order valence-corrected chi connectivity index (χ1v) is 6.44. The van der Waals surface area contributed by atoms with Crippen molar-refractivity contribution in [2.45, 2.75) is 38.3 Å². The Hall–Kier alpha value is -1.42. The zero-order chi connectivity index (χ0) is 13.0. The molecule has 2 rings (SSSR count). The molecule has 18 heavy (non-hydrogen) atoms. The fourth-order valence-corrected chi connectivity index (χ4v) is 2.60. The highest BCUT2D eigenvalue weighted by Gasteiger charge is 2.28. The third-order valence-corrected chi connectivity index (χ3v) is 3.64. The third kappa shape index (κ3) is 3.07. The average molecular weight is 250 g/mol. The van der Waals surface area contributed by atoms with Crippen LogP contribution in [0.3, 0.4) is 0 Å². The summed E-state index contributed by atoms with van der Waals surface area (Å²) in [5.41, 5.74) is 6.03. The molecule has 2 atom stereocenters. The van der Waals surface area contributed by atoms with Gasteiger partial charge in [0.25, 0.3) is 0 Å². The summed E-state index contributed by atoms with van der Waals surface area (Å²) in [5, 5.41) is 3.27. The normalized spacial score (nSPS) is 23.8. The highest BCUT2D eigenvalue weighted by molar-refractivity contribution is 5.77. The summed E-state index contributed by atoms with van der Waals surface area (Å²) in [5.74, 6) is -0.581. The molecule has 1 saturated carbocycles. The minimum absolute atomic E-state index is 0.0795. The summed E-state index contributed by atoms with van der Waals surface area (Å²) in [6, 6.07) is 6.77. The number of carbonyl (C=O) groups excluding carboxylic acids is 1. The van der Waals surface area contributed by atoms with Gasteiger partial charge in [0.2, 0.25) is 5.91 Å². The number of hydrogen-bond acceptors (Lipinski definition) is 2. The largest absolute Gasteiger partial charge is 0.369 e. The van der Waals surface area contributed by atoms with Gasteiger partial charge in [0, 0.05) is 18.2 Å². The fourth-order valence-electron chi connectivity index (χ4n) is 2.60. The van der Waals surface area contributed by atoms with E-state index >= 15 is 0 Å². The molecule has 0 heterocycles. The number of carbonyl (C=O) groups is 1. The van der Waals surface area contributed by atoms with Gasteiger partial charge in [-0.05, 0) is 18.9 Å². The van der Waals surface area contributed by atoms with Crippen LogP contribution in [0.4, 0.5) is 4.39 Å². The average Bonchev–Trinajstić information content (AvgIpc) is 2.38. The topological polar surface area (TPSA) is 55.1 Å². The summed E-state index contributed by atoms with van der Waals surface area (Å²) in [7, 11) is 0. The summed E-state index contributed by atoms with van der Waals surface area (Å²) in [6.45, 7) is 0.446. The van der Waals surface area contributed by atoms with Gasteiger partial charge in [-0.25, -0.2) is 4.39 Å². The number of hydrogen-bond donors (Lipinski definition) is 2. The van der Waals surface area contributed by atoms with Crippen molar-refractivity contribution in [2.75, 3.05) is 0 Å². The maximum Gasteiger partial charge on any atom is 0.222 e. The van der Waals surface area contributed by atoms with Crippen molar-refractivity contribution in [3.05, 3.63) is 35.6 Å². The van der Waals surface area contributed by atoms with E-state index in [1.54, 1.807) is 12.1 Å². The van der Waals surface area contributed by atoms with E-state index in [0.29, 0.717) is 12.1 Å². The molecule has 0 spiro atoms. The predicted molar refractivity (Wildman–Crippen MR) is 68.2 cm³/mol. The molecule has 1 aromatic carbocycles. The Morgan fingerprint density at radius 2 is 2.06 bits per heavy atom. The Bertz CT molecular complexity index is 422. The molecule has 3 N–H and O–H groups in total. The van der Waals surface area contributed by atoms with Gasteiger partial charge in [-0.15, -0.1) is 0 Å². The predicted octanol–water partition coefficient (Wildman–Crippen LogP) is 1.96. The molecule has 1 aromatic rings. The lowest BCUT2D eigenvalue weighted by molar-refractivity contribution is -0.123. The lowest BCUT2D eigenvalue weighted by Crippen LogP contribution is -2.44. The Kier molecular flexibility index (Phi) is 4.31. The SMILES string of the molecule is NC(=O)[C@@H]1CCCC[C@H]1NCc1ccccc1F. The zero-order valence-electron chi connectivity index (χ0n) is 10.4. The number of nitrogens with two attached hydrogens (primary N) is 1. The van der Waals surface area contributed by atoms with E-state index in [-0.39, 0.29) is 23.7 Å². The van der Waals surface area contributed by atoms with Gasteiger partial charge in [0.1, 0.15) is 5.82 Å².